The van der Waals surface area contributed by atoms with Crippen LogP contribution in [-0.2, 0) is 6.54 Å². The van der Waals surface area contributed by atoms with E-state index in [1.54, 1.807) is 31.2 Å². The van der Waals surface area contributed by atoms with E-state index in [2.05, 4.69) is 5.32 Å². The van der Waals surface area contributed by atoms with E-state index in [9.17, 15) is 14.0 Å². The van der Waals surface area contributed by atoms with Crippen molar-refractivity contribution in [3.63, 3.8) is 0 Å². The minimum absolute atomic E-state index is 0.0505. The van der Waals surface area contributed by atoms with Crippen molar-refractivity contribution in [2.45, 2.75) is 13.5 Å². The normalized spacial score (nSPS) is 10.1. The highest BCUT2D eigenvalue weighted by atomic mass is 19.1. The number of rotatable bonds is 5. The lowest BCUT2D eigenvalue weighted by atomic mass is 10.0. The van der Waals surface area contributed by atoms with Crippen molar-refractivity contribution < 1.29 is 18.7 Å². The number of ether oxygens (including phenoxy) is 1. The van der Waals surface area contributed by atoms with Crippen LogP contribution in [0, 0.1) is 12.7 Å². The number of benzene rings is 2. The minimum Gasteiger partial charge on any atom is -0.496 e. The predicted octanol–water partition coefficient (Wildman–Crippen LogP) is 2.89. The zero-order valence-electron chi connectivity index (χ0n) is 12.4. The second-order valence-electron chi connectivity index (χ2n) is 4.75. The first-order valence-corrected chi connectivity index (χ1v) is 6.72. The molecule has 0 heterocycles. The van der Waals surface area contributed by atoms with Crippen LogP contribution in [-0.4, -0.2) is 19.3 Å². The van der Waals surface area contributed by atoms with Crippen LogP contribution in [0.3, 0.4) is 0 Å². The van der Waals surface area contributed by atoms with Gasteiger partial charge in [0.1, 0.15) is 11.6 Å². The van der Waals surface area contributed by atoms with Crippen molar-refractivity contribution in [3.05, 3.63) is 64.5 Å². The Kier molecular flexibility index (Phi) is 4.88. The van der Waals surface area contributed by atoms with Gasteiger partial charge in [0.05, 0.1) is 12.7 Å². The molecule has 0 fully saturated rings. The molecule has 0 saturated heterocycles. The van der Waals surface area contributed by atoms with E-state index in [0.29, 0.717) is 23.2 Å². The van der Waals surface area contributed by atoms with Crippen LogP contribution in [0.2, 0.25) is 0 Å². The molecule has 0 unspecified atom stereocenters. The maximum absolute atomic E-state index is 13.5. The highest BCUT2D eigenvalue weighted by molar-refractivity contribution is 6.02. The van der Waals surface area contributed by atoms with Crippen molar-refractivity contribution >= 4 is 12.2 Å². The molecular formula is C17H16FNO3. The van der Waals surface area contributed by atoms with Gasteiger partial charge in [-0.3, -0.25) is 9.59 Å². The molecule has 22 heavy (non-hydrogen) atoms. The Labute approximate surface area is 127 Å². The topological polar surface area (TPSA) is 55.4 Å². The highest BCUT2D eigenvalue weighted by Crippen LogP contribution is 2.23. The fraction of sp³-hybridized carbons (Fsp3) is 0.176. The number of hydrogen-bond acceptors (Lipinski definition) is 3. The Morgan fingerprint density at radius 1 is 1.27 bits per heavy atom. The molecule has 0 aliphatic carbocycles. The standard InChI is InChI=1S/C17H16FNO3/c1-11-14(10-20)13(7-8-16(11)22-2)17(21)19-9-12-5-3-4-6-15(12)18/h3-8,10H,9H2,1-2H3,(H,19,21). The lowest BCUT2D eigenvalue weighted by Crippen LogP contribution is -2.24. The van der Waals surface area contributed by atoms with Crippen LogP contribution in [0.15, 0.2) is 36.4 Å². The number of carbonyl (C=O) groups is 2. The maximum Gasteiger partial charge on any atom is 0.252 e. The van der Waals surface area contributed by atoms with Crippen LogP contribution in [0.25, 0.3) is 0 Å². The molecule has 114 valence electrons. The van der Waals surface area contributed by atoms with Gasteiger partial charge >= 0.3 is 0 Å². The maximum atomic E-state index is 13.5. The largest absolute Gasteiger partial charge is 0.496 e. The second-order valence-corrected chi connectivity index (χ2v) is 4.75. The summed E-state index contributed by atoms with van der Waals surface area (Å²) in [4.78, 5) is 23.5. The van der Waals surface area contributed by atoms with Gasteiger partial charge in [-0.05, 0) is 25.1 Å². The fourth-order valence-electron chi connectivity index (χ4n) is 2.19. The van der Waals surface area contributed by atoms with Crippen molar-refractivity contribution in [2.75, 3.05) is 7.11 Å². The summed E-state index contributed by atoms with van der Waals surface area (Å²) in [6, 6.07) is 9.34. The van der Waals surface area contributed by atoms with Crippen molar-refractivity contribution in [2.24, 2.45) is 0 Å². The molecule has 2 aromatic carbocycles. The lowest BCUT2D eigenvalue weighted by molar-refractivity contribution is 0.0945. The van der Waals surface area contributed by atoms with Gasteiger partial charge in [0.15, 0.2) is 6.29 Å². The summed E-state index contributed by atoms with van der Waals surface area (Å²) in [5.41, 5.74) is 1.49. The van der Waals surface area contributed by atoms with Gasteiger partial charge in [0.25, 0.3) is 5.91 Å². The molecule has 0 atom stereocenters. The second kappa shape index (κ2) is 6.85. The van der Waals surface area contributed by atoms with Gasteiger partial charge in [-0.1, -0.05) is 18.2 Å². The minimum atomic E-state index is -0.434. The first-order chi connectivity index (χ1) is 10.6. The number of amides is 1. The predicted molar refractivity (Wildman–Crippen MR) is 80.7 cm³/mol. The van der Waals surface area contributed by atoms with Gasteiger partial charge < -0.3 is 10.1 Å². The fourth-order valence-corrected chi connectivity index (χ4v) is 2.19. The van der Waals surface area contributed by atoms with Crippen molar-refractivity contribution in [1.82, 2.24) is 5.32 Å². The average Bonchev–Trinajstić information content (AvgIpc) is 2.53. The van der Waals surface area contributed by atoms with Gasteiger partial charge in [-0.25, -0.2) is 4.39 Å². The number of methoxy groups -OCH3 is 1. The van der Waals surface area contributed by atoms with E-state index >= 15 is 0 Å². The quantitative estimate of drug-likeness (QED) is 0.864. The van der Waals surface area contributed by atoms with E-state index in [0.717, 1.165) is 0 Å². The van der Waals surface area contributed by atoms with Crippen LogP contribution in [0.4, 0.5) is 4.39 Å². The first kappa shape index (κ1) is 15.7. The van der Waals surface area contributed by atoms with Crippen molar-refractivity contribution in [1.29, 1.82) is 0 Å². The zero-order valence-corrected chi connectivity index (χ0v) is 12.4. The molecule has 1 N–H and O–H groups in total. The summed E-state index contributed by atoms with van der Waals surface area (Å²) >= 11 is 0. The molecule has 0 bridgehead atoms. The van der Waals surface area contributed by atoms with Gasteiger partial charge in [-0.15, -0.1) is 0 Å². The number of hydrogen-bond donors (Lipinski definition) is 1. The molecule has 0 spiro atoms. The molecule has 4 nitrogen and oxygen atoms in total. The third kappa shape index (κ3) is 3.14. The average molecular weight is 301 g/mol. The van der Waals surface area contributed by atoms with Gasteiger partial charge in [0.2, 0.25) is 0 Å². The Balaban J connectivity index is 2.21. The summed E-state index contributed by atoms with van der Waals surface area (Å²) in [6.07, 6.45) is 0.621. The summed E-state index contributed by atoms with van der Waals surface area (Å²) in [5, 5.41) is 2.62. The van der Waals surface area contributed by atoms with Crippen LogP contribution >= 0.6 is 0 Å². The SMILES string of the molecule is COc1ccc(C(=O)NCc2ccccc2F)c(C=O)c1C. The van der Waals surface area contributed by atoms with Gasteiger partial charge in [0, 0.05) is 23.2 Å². The first-order valence-electron chi connectivity index (χ1n) is 6.72. The van der Waals surface area contributed by atoms with E-state index in [-0.39, 0.29) is 23.5 Å². The highest BCUT2D eigenvalue weighted by Gasteiger charge is 2.16. The summed E-state index contributed by atoms with van der Waals surface area (Å²) in [7, 11) is 1.49. The molecule has 1 amide bonds. The molecule has 2 aromatic rings. The van der Waals surface area contributed by atoms with Crippen LogP contribution in [0.5, 0.6) is 5.75 Å². The molecule has 5 heteroatoms. The smallest absolute Gasteiger partial charge is 0.252 e. The number of aldehydes is 1. The summed E-state index contributed by atoms with van der Waals surface area (Å²) in [5.74, 6) is -0.284. The number of carbonyl (C=O) groups excluding carboxylic acids is 2. The molecule has 0 aliphatic heterocycles. The third-order valence-corrected chi connectivity index (χ3v) is 3.44. The van der Waals surface area contributed by atoms with E-state index < -0.39 is 5.91 Å². The van der Waals surface area contributed by atoms with E-state index in [1.165, 1.54) is 19.2 Å². The van der Waals surface area contributed by atoms with E-state index in [4.69, 9.17) is 4.74 Å². The molecule has 0 aromatic heterocycles. The Morgan fingerprint density at radius 3 is 2.64 bits per heavy atom. The Bertz CT molecular complexity index is 713. The molecular weight excluding hydrogens is 285 g/mol. The third-order valence-electron chi connectivity index (χ3n) is 3.44. The Morgan fingerprint density at radius 2 is 2.00 bits per heavy atom. The van der Waals surface area contributed by atoms with Crippen LogP contribution < -0.4 is 10.1 Å². The van der Waals surface area contributed by atoms with Crippen molar-refractivity contribution in [3.8, 4) is 5.75 Å². The summed E-state index contributed by atoms with van der Waals surface area (Å²) in [6.45, 7) is 1.76. The number of halogens is 1. The molecule has 2 rings (SSSR count). The molecule has 0 aliphatic rings. The van der Waals surface area contributed by atoms with Crippen LogP contribution in [0.1, 0.15) is 31.8 Å². The zero-order chi connectivity index (χ0) is 16.1. The molecule has 0 saturated carbocycles. The monoisotopic (exact) mass is 301 g/mol. The summed E-state index contributed by atoms with van der Waals surface area (Å²) < 4.78 is 18.7. The molecule has 0 radical (unpaired) electrons. The Hall–Kier alpha value is -2.69. The lowest BCUT2D eigenvalue weighted by Gasteiger charge is -2.12. The van der Waals surface area contributed by atoms with E-state index in [1.807, 2.05) is 0 Å². The van der Waals surface area contributed by atoms with Gasteiger partial charge in [-0.2, -0.15) is 0 Å². The number of nitrogens with one attached hydrogen (secondary N) is 1.